The molecule has 0 bridgehead atoms. The number of benzene rings is 1. The molecule has 1 aromatic carbocycles. The van der Waals surface area contributed by atoms with Gasteiger partial charge in [-0.3, -0.25) is 0 Å². The van der Waals surface area contributed by atoms with E-state index < -0.39 is 24.8 Å². The highest BCUT2D eigenvalue weighted by atomic mass is 19.4. The molecule has 0 spiro atoms. The van der Waals surface area contributed by atoms with Crippen molar-refractivity contribution in [3.8, 4) is 5.75 Å². The second-order valence-corrected chi connectivity index (χ2v) is 13.7. The summed E-state index contributed by atoms with van der Waals surface area (Å²) in [5.41, 5.74) is 2.82. The third-order valence-corrected chi connectivity index (χ3v) is 10.1. The summed E-state index contributed by atoms with van der Waals surface area (Å²) in [5.74, 6) is -2.67. The van der Waals surface area contributed by atoms with E-state index in [1.54, 1.807) is 0 Å². The molecule has 0 aliphatic heterocycles. The fourth-order valence-corrected chi connectivity index (χ4v) is 7.67. The molecule has 0 amide bonds. The first-order chi connectivity index (χ1) is 21.1. The Kier molecular flexibility index (Phi) is 11.8. The van der Waals surface area contributed by atoms with Crippen LogP contribution in [0, 0.1) is 23.2 Å². The van der Waals surface area contributed by atoms with Gasteiger partial charge < -0.3 is 23.8 Å². The summed E-state index contributed by atoms with van der Waals surface area (Å²) >= 11 is 0. The Morgan fingerprint density at radius 2 is 1.62 bits per heavy atom. The first-order valence-corrected chi connectivity index (χ1v) is 16.2. The molecule has 0 aromatic heterocycles. The van der Waals surface area contributed by atoms with Crippen LogP contribution in [0.15, 0.2) is 18.2 Å². The van der Waals surface area contributed by atoms with E-state index in [0.29, 0.717) is 36.9 Å². The first-order valence-electron chi connectivity index (χ1n) is 16.2. The lowest BCUT2D eigenvalue weighted by Gasteiger charge is -2.50. The van der Waals surface area contributed by atoms with Crippen molar-refractivity contribution in [2.75, 3.05) is 53.2 Å². The number of ether oxygens (including phenoxy) is 4. The van der Waals surface area contributed by atoms with Crippen LogP contribution in [0.1, 0.15) is 76.3 Å². The van der Waals surface area contributed by atoms with Crippen LogP contribution >= 0.6 is 0 Å². The summed E-state index contributed by atoms with van der Waals surface area (Å²) in [7, 11) is 1.52. The fourth-order valence-electron chi connectivity index (χ4n) is 7.67. The van der Waals surface area contributed by atoms with Crippen LogP contribution in [0.2, 0.25) is 0 Å². The van der Waals surface area contributed by atoms with Crippen molar-refractivity contribution in [2.24, 2.45) is 23.2 Å². The summed E-state index contributed by atoms with van der Waals surface area (Å²) in [5, 5.41) is 0. The molecular formula is C33H48F7NO4. The highest BCUT2D eigenvalue weighted by Gasteiger charge is 2.74. The number of hydrogen-bond acceptors (Lipinski definition) is 5. The Labute approximate surface area is 262 Å². The molecule has 3 aliphatic rings. The number of alkyl halides is 7. The van der Waals surface area contributed by atoms with Gasteiger partial charge in [-0.1, -0.05) is 26.8 Å². The van der Waals surface area contributed by atoms with Crippen molar-refractivity contribution in [1.82, 2.24) is 4.90 Å². The Morgan fingerprint density at radius 3 is 2.31 bits per heavy atom. The summed E-state index contributed by atoms with van der Waals surface area (Å²) in [6.07, 6.45) is -5.36. The van der Waals surface area contributed by atoms with Gasteiger partial charge in [0.05, 0.1) is 25.9 Å². The zero-order valence-corrected chi connectivity index (χ0v) is 26.7. The van der Waals surface area contributed by atoms with Crippen molar-refractivity contribution in [2.45, 2.75) is 95.9 Å². The maximum absolute atomic E-state index is 13.7. The molecule has 5 nitrogen and oxygen atoms in total. The van der Waals surface area contributed by atoms with Crippen LogP contribution in [-0.4, -0.2) is 82.4 Å². The zero-order chi connectivity index (χ0) is 33.0. The second kappa shape index (κ2) is 14.6. The smallest absolute Gasteiger partial charge is 0.458 e. The van der Waals surface area contributed by atoms with Crippen molar-refractivity contribution in [3.63, 3.8) is 0 Å². The minimum atomic E-state index is -6.22. The SMILES string of the molecule is CC(C)COCCCOc1ccc2c(c1)CCC1C2CC[C@@]2(C)C1CC[C@@H]2OCCN(C)CCOC(F)(C(F)(F)F)C(F)(F)F. The minimum Gasteiger partial charge on any atom is -0.493 e. The number of nitrogens with zero attached hydrogens (tertiary/aromatic N) is 1. The normalized spacial score (nSPS) is 27.0. The van der Waals surface area contributed by atoms with Crippen LogP contribution in [-0.2, 0) is 20.6 Å². The standard InChI is InChI=1S/C33H48F7NO4/c1-22(2)21-42-16-5-17-43-24-7-9-25-23(20-24)6-8-27-26(25)12-13-30(3)28(27)10-11-29(30)44-18-14-41(4)15-19-45-31(34,32(35,36)37)33(38,39)40/h7,9,20,22,26-29H,5-6,8,10-19,21H2,1-4H3/t26?,27?,28?,29-,30-/m0/s1. The van der Waals surface area contributed by atoms with Crippen molar-refractivity contribution >= 4 is 0 Å². The highest BCUT2D eigenvalue weighted by Crippen LogP contribution is 2.61. The van der Waals surface area contributed by atoms with Gasteiger partial charge in [0.2, 0.25) is 0 Å². The molecule has 3 aliphatic carbocycles. The van der Waals surface area contributed by atoms with E-state index in [9.17, 15) is 30.7 Å². The van der Waals surface area contributed by atoms with Gasteiger partial charge in [0.25, 0.3) is 0 Å². The number of halogens is 7. The first kappa shape index (κ1) is 36.2. The molecule has 0 heterocycles. The topological polar surface area (TPSA) is 40.2 Å². The maximum Gasteiger partial charge on any atom is 0.458 e. The van der Waals surface area contributed by atoms with Gasteiger partial charge in [0.1, 0.15) is 5.75 Å². The number of fused-ring (bicyclic) bond motifs is 5. The molecule has 0 N–H and O–H groups in total. The third-order valence-electron chi connectivity index (χ3n) is 10.1. The lowest BCUT2D eigenvalue weighted by atomic mass is 9.55. The van der Waals surface area contributed by atoms with Crippen molar-refractivity contribution < 1.29 is 49.7 Å². The average Bonchev–Trinajstić information content (AvgIpc) is 3.29. The third kappa shape index (κ3) is 8.27. The Balaban J connectivity index is 1.23. The largest absolute Gasteiger partial charge is 0.493 e. The number of likely N-dealkylation sites (N-methyl/N-ethyl adjacent to an activating group) is 1. The molecule has 0 saturated heterocycles. The summed E-state index contributed by atoms with van der Waals surface area (Å²) < 4.78 is 112. The van der Waals surface area contributed by atoms with Gasteiger partial charge in [0.15, 0.2) is 0 Å². The molecule has 258 valence electrons. The zero-order valence-electron chi connectivity index (χ0n) is 26.7. The summed E-state index contributed by atoms with van der Waals surface area (Å²) in [4.78, 5) is 1.48. The van der Waals surface area contributed by atoms with E-state index in [-0.39, 0.29) is 31.2 Å². The quantitative estimate of drug-likeness (QED) is 0.141. The lowest BCUT2D eigenvalue weighted by molar-refractivity contribution is -0.430. The summed E-state index contributed by atoms with van der Waals surface area (Å²) in [6.45, 7) is 7.81. The van der Waals surface area contributed by atoms with E-state index in [2.05, 4.69) is 43.7 Å². The maximum atomic E-state index is 13.7. The molecule has 5 atom stereocenters. The summed E-state index contributed by atoms with van der Waals surface area (Å²) in [6, 6.07) is 6.54. The van der Waals surface area contributed by atoms with Gasteiger partial charge in [0, 0.05) is 32.7 Å². The molecule has 2 saturated carbocycles. The number of hydrogen-bond donors (Lipinski definition) is 0. The highest BCUT2D eigenvalue weighted by molar-refractivity contribution is 5.40. The average molecular weight is 656 g/mol. The molecule has 3 unspecified atom stereocenters. The number of aryl methyl sites for hydroxylation is 1. The molecule has 2 fully saturated rings. The van der Waals surface area contributed by atoms with Crippen LogP contribution in [0.5, 0.6) is 5.75 Å². The predicted octanol–water partition coefficient (Wildman–Crippen LogP) is 8.11. The molecular weight excluding hydrogens is 607 g/mol. The van der Waals surface area contributed by atoms with Gasteiger partial charge in [-0.15, -0.1) is 0 Å². The van der Waals surface area contributed by atoms with Crippen LogP contribution < -0.4 is 4.74 Å². The molecule has 12 heteroatoms. The van der Waals surface area contributed by atoms with Crippen LogP contribution in [0.4, 0.5) is 30.7 Å². The van der Waals surface area contributed by atoms with Crippen LogP contribution in [0.25, 0.3) is 0 Å². The molecule has 4 rings (SSSR count). The van der Waals surface area contributed by atoms with Gasteiger partial charge in [-0.2, -0.15) is 30.7 Å². The minimum absolute atomic E-state index is 0.00823. The predicted molar refractivity (Wildman–Crippen MR) is 156 cm³/mol. The molecule has 0 radical (unpaired) electrons. The van der Waals surface area contributed by atoms with E-state index in [4.69, 9.17) is 14.2 Å². The van der Waals surface area contributed by atoms with Crippen molar-refractivity contribution in [3.05, 3.63) is 29.3 Å². The molecule has 45 heavy (non-hydrogen) atoms. The van der Waals surface area contributed by atoms with E-state index in [1.807, 2.05) is 0 Å². The van der Waals surface area contributed by atoms with Gasteiger partial charge >= 0.3 is 18.2 Å². The Bertz CT molecular complexity index is 1080. The monoisotopic (exact) mass is 655 g/mol. The van der Waals surface area contributed by atoms with E-state index >= 15 is 0 Å². The van der Waals surface area contributed by atoms with Crippen LogP contribution in [0.3, 0.4) is 0 Å². The second-order valence-electron chi connectivity index (χ2n) is 13.7. The fraction of sp³-hybridized carbons (Fsp3) is 0.818. The van der Waals surface area contributed by atoms with E-state index in [1.165, 1.54) is 23.1 Å². The van der Waals surface area contributed by atoms with Crippen molar-refractivity contribution in [1.29, 1.82) is 0 Å². The number of rotatable bonds is 15. The molecule has 1 aromatic rings. The van der Waals surface area contributed by atoms with E-state index in [0.717, 1.165) is 57.3 Å². The lowest BCUT2D eigenvalue weighted by Crippen LogP contribution is -2.55. The van der Waals surface area contributed by atoms with Gasteiger partial charge in [-0.25, -0.2) is 0 Å². The van der Waals surface area contributed by atoms with Gasteiger partial charge in [-0.05, 0) is 97.9 Å². The Hall–Kier alpha value is -1.63. The Morgan fingerprint density at radius 1 is 0.911 bits per heavy atom.